The molecular weight excluding hydrogens is 393 g/mol. The van der Waals surface area contributed by atoms with Gasteiger partial charge in [0.1, 0.15) is 0 Å². The Kier molecular flexibility index (Phi) is 7.99. The van der Waals surface area contributed by atoms with E-state index in [0.29, 0.717) is 31.3 Å². The average Bonchev–Trinajstić information content (AvgIpc) is 2.88. The lowest BCUT2D eigenvalue weighted by Crippen LogP contribution is -2.47. The summed E-state index contributed by atoms with van der Waals surface area (Å²) in [4.78, 5) is 0. The first kappa shape index (κ1) is 25.5. The van der Waals surface area contributed by atoms with Crippen LogP contribution in [0.2, 0.25) is 0 Å². The van der Waals surface area contributed by atoms with E-state index in [2.05, 4.69) is 6.92 Å². The largest absolute Gasteiger partial charge is 0.513 e. The van der Waals surface area contributed by atoms with Gasteiger partial charge in [0.2, 0.25) is 0 Å². The molecule has 2 aliphatic carbocycles. The number of fused-ring (bicyclic) bond motifs is 1. The van der Waals surface area contributed by atoms with Crippen LogP contribution in [0.1, 0.15) is 98.3 Å². The van der Waals surface area contributed by atoms with Crippen LogP contribution in [0, 0.1) is 23.2 Å². The van der Waals surface area contributed by atoms with E-state index in [9.17, 15) is 28.5 Å². The average molecular weight is 435 g/mol. The Labute approximate surface area is 179 Å². The molecule has 2 rings (SSSR count). The molecule has 0 bridgehead atoms. The van der Waals surface area contributed by atoms with Crippen molar-refractivity contribution in [3.63, 3.8) is 0 Å². The molecule has 2 fully saturated rings. The minimum Gasteiger partial charge on any atom is -0.513 e. The van der Waals surface area contributed by atoms with E-state index in [1.165, 1.54) is 0 Å². The Hall–Kier alpha value is -0.750. The molecule has 0 radical (unpaired) electrons. The van der Waals surface area contributed by atoms with Crippen molar-refractivity contribution in [3.8, 4) is 0 Å². The highest BCUT2D eigenvalue weighted by Gasteiger charge is 2.57. The maximum atomic E-state index is 13.9. The van der Waals surface area contributed by atoms with Gasteiger partial charge in [0.25, 0.3) is 0 Å². The molecule has 6 heteroatoms. The maximum absolute atomic E-state index is 13.9. The molecule has 0 heterocycles. The summed E-state index contributed by atoms with van der Waals surface area (Å²) < 4.78 is 41.7. The summed E-state index contributed by atoms with van der Waals surface area (Å²) in [5.74, 6) is -0.175. The van der Waals surface area contributed by atoms with Crippen molar-refractivity contribution >= 4 is 0 Å². The number of aliphatic hydroxyl groups excluding tert-OH is 1. The number of hydrogen-bond acceptors (Lipinski definition) is 3. The van der Waals surface area contributed by atoms with Crippen molar-refractivity contribution in [2.75, 3.05) is 0 Å². The molecule has 4 unspecified atom stereocenters. The van der Waals surface area contributed by atoms with Crippen molar-refractivity contribution in [3.05, 3.63) is 11.8 Å². The number of halogens is 3. The number of rotatable bonds is 9. The van der Waals surface area contributed by atoms with Gasteiger partial charge >= 0.3 is 6.18 Å². The molecule has 0 aromatic heterocycles. The third kappa shape index (κ3) is 6.38. The van der Waals surface area contributed by atoms with Crippen LogP contribution >= 0.6 is 0 Å². The first-order chi connectivity index (χ1) is 13.7. The third-order valence-electron chi connectivity index (χ3n) is 7.74. The predicted molar refractivity (Wildman–Crippen MR) is 113 cm³/mol. The lowest BCUT2D eigenvalue weighted by Gasteiger charge is -2.43. The van der Waals surface area contributed by atoms with Gasteiger partial charge in [-0.25, -0.2) is 0 Å². The van der Waals surface area contributed by atoms with E-state index in [4.69, 9.17) is 0 Å². The molecule has 5 atom stereocenters. The Bertz CT molecular complexity index is 595. The summed E-state index contributed by atoms with van der Waals surface area (Å²) in [7, 11) is 0. The molecular formula is C24H41F3O3. The fraction of sp³-hybridized carbons (Fsp3) is 0.917. The van der Waals surface area contributed by atoms with E-state index in [0.717, 1.165) is 38.5 Å². The van der Waals surface area contributed by atoms with Crippen molar-refractivity contribution in [1.29, 1.82) is 0 Å². The van der Waals surface area contributed by atoms with Crippen LogP contribution in [0.3, 0.4) is 0 Å². The summed E-state index contributed by atoms with van der Waals surface area (Å²) in [6.45, 7) is 7.41. The van der Waals surface area contributed by atoms with Crippen molar-refractivity contribution in [2.24, 2.45) is 23.2 Å². The van der Waals surface area contributed by atoms with Gasteiger partial charge in [-0.05, 0) is 81.6 Å². The zero-order chi connectivity index (χ0) is 22.8. The molecule has 0 saturated heterocycles. The highest BCUT2D eigenvalue weighted by Crippen LogP contribution is 2.58. The second-order valence-corrected chi connectivity index (χ2v) is 11.0. The van der Waals surface area contributed by atoms with Crippen molar-refractivity contribution < 1.29 is 28.5 Å². The Morgan fingerprint density at radius 1 is 1.13 bits per heavy atom. The standard InChI is InChI=1S/C24H41F3O3/c1-17(8-7-12-21(2,3)29)14-20(28)16-23(30,24(25,26)27)15-19-11-10-18-9-5-6-13-22(18,19)4/h16-19,28-30H,5-15H2,1-4H3/t17?,18?,19?,22-,23?/m1/s1. The van der Waals surface area contributed by atoms with Crippen molar-refractivity contribution in [1.82, 2.24) is 0 Å². The van der Waals surface area contributed by atoms with Gasteiger partial charge in [-0.15, -0.1) is 0 Å². The number of alkyl halides is 3. The highest BCUT2D eigenvalue weighted by molar-refractivity contribution is 5.12. The van der Waals surface area contributed by atoms with E-state index < -0.39 is 23.1 Å². The van der Waals surface area contributed by atoms with Crippen LogP contribution in [0.15, 0.2) is 11.8 Å². The summed E-state index contributed by atoms with van der Waals surface area (Å²) in [5, 5.41) is 30.8. The molecule has 3 nitrogen and oxygen atoms in total. The van der Waals surface area contributed by atoms with E-state index in [1.807, 2.05) is 6.92 Å². The SMILES string of the molecule is CC(CCCC(C)(C)O)CC(O)=CC(O)(CC1CCC2CCCC[C@]21C)C(F)(F)F. The lowest BCUT2D eigenvalue weighted by atomic mass is 9.63. The molecule has 3 N–H and O–H groups in total. The van der Waals surface area contributed by atoms with Crippen LogP contribution in [-0.4, -0.2) is 32.7 Å². The summed E-state index contributed by atoms with van der Waals surface area (Å²) >= 11 is 0. The van der Waals surface area contributed by atoms with Crippen LogP contribution in [0.25, 0.3) is 0 Å². The third-order valence-corrected chi connectivity index (χ3v) is 7.74. The second-order valence-electron chi connectivity index (χ2n) is 11.0. The molecule has 0 aromatic rings. The fourth-order valence-corrected chi connectivity index (χ4v) is 5.82. The summed E-state index contributed by atoms with van der Waals surface area (Å²) in [6.07, 6.45) is 3.38. The fourth-order valence-electron chi connectivity index (χ4n) is 5.82. The Morgan fingerprint density at radius 2 is 1.80 bits per heavy atom. The zero-order valence-corrected chi connectivity index (χ0v) is 19.1. The van der Waals surface area contributed by atoms with Gasteiger partial charge in [-0.3, -0.25) is 0 Å². The zero-order valence-electron chi connectivity index (χ0n) is 19.1. The monoisotopic (exact) mass is 434 g/mol. The van der Waals surface area contributed by atoms with E-state index >= 15 is 0 Å². The topological polar surface area (TPSA) is 60.7 Å². The van der Waals surface area contributed by atoms with Crippen LogP contribution in [0.4, 0.5) is 13.2 Å². The molecule has 0 aliphatic heterocycles. The highest BCUT2D eigenvalue weighted by atomic mass is 19.4. The molecule has 176 valence electrons. The summed E-state index contributed by atoms with van der Waals surface area (Å²) in [5.41, 5.74) is -3.92. The second kappa shape index (κ2) is 9.40. The lowest BCUT2D eigenvalue weighted by molar-refractivity contribution is -0.248. The normalized spacial score (nSPS) is 31.3. The summed E-state index contributed by atoms with van der Waals surface area (Å²) in [6, 6.07) is 0. The van der Waals surface area contributed by atoms with E-state index in [1.54, 1.807) is 13.8 Å². The van der Waals surface area contributed by atoms with Gasteiger partial charge in [0.05, 0.1) is 11.4 Å². The minimum absolute atomic E-state index is 0.0344. The van der Waals surface area contributed by atoms with Crippen LogP contribution < -0.4 is 0 Å². The Morgan fingerprint density at radius 3 is 2.40 bits per heavy atom. The first-order valence-corrected chi connectivity index (χ1v) is 11.6. The van der Waals surface area contributed by atoms with E-state index in [-0.39, 0.29) is 30.1 Å². The first-order valence-electron chi connectivity index (χ1n) is 11.6. The van der Waals surface area contributed by atoms with Crippen molar-refractivity contribution in [2.45, 2.75) is 116 Å². The van der Waals surface area contributed by atoms with Crippen LogP contribution in [0.5, 0.6) is 0 Å². The molecule has 0 spiro atoms. The Balaban J connectivity index is 2.07. The predicted octanol–water partition coefficient (Wildman–Crippen LogP) is 6.69. The molecule has 0 amide bonds. The molecule has 2 saturated carbocycles. The molecule has 2 aliphatic rings. The van der Waals surface area contributed by atoms with Gasteiger partial charge in [0, 0.05) is 6.42 Å². The van der Waals surface area contributed by atoms with Gasteiger partial charge in [-0.1, -0.05) is 39.5 Å². The van der Waals surface area contributed by atoms with Gasteiger partial charge < -0.3 is 15.3 Å². The maximum Gasteiger partial charge on any atom is 0.420 e. The molecule has 30 heavy (non-hydrogen) atoms. The number of aliphatic hydroxyl groups is 3. The van der Waals surface area contributed by atoms with Gasteiger partial charge in [0.15, 0.2) is 5.60 Å². The molecule has 0 aromatic carbocycles. The quantitative estimate of drug-likeness (QED) is 0.355. The smallest absolute Gasteiger partial charge is 0.420 e. The number of hydrogen-bond donors (Lipinski definition) is 3. The number of allylic oxidation sites excluding steroid dienone is 1. The minimum atomic E-state index is -4.83. The van der Waals surface area contributed by atoms with Crippen LogP contribution in [-0.2, 0) is 0 Å². The van der Waals surface area contributed by atoms with Gasteiger partial charge in [-0.2, -0.15) is 13.2 Å².